The molecule has 1 aromatic rings. The van der Waals surface area contributed by atoms with E-state index in [-0.39, 0.29) is 0 Å². The Hall–Kier alpha value is -0.780. The summed E-state index contributed by atoms with van der Waals surface area (Å²) >= 11 is 0. The predicted octanol–water partition coefficient (Wildman–Crippen LogP) is 2.98. The van der Waals surface area contributed by atoms with Crippen LogP contribution in [0.3, 0.4) is 0 Å². The van der Waals surface area contributed by atoms with Crippen LogP contribution >= 0.6 is 0 Å². The van der Waals surface area contributed by atoms with Gasteiger partial charge in [-0.05, 0) is 41.9 Å². The monoisotopic (exact) mass is 160 g/mol. The van der Waals surface area contributed by atoms with Gasteiger partial charge in [-0.3, -0.25) is 0 Å². The van der Waals surface area contributed by atoms with Gasteiger partial charge in [-0.25, -0.2) is 0 Å². The lowest BCUT2D eigenvalue weighted by atomic mass is 9.82. The van der Waals surface area contributed by atoms with E-state index in [2.05, 4.69) is 32.0 Å². The largest absolute Gasteiger partial charge is 0.0625 e. The Labute approximate surface area is 74.6 Å². The summed E-state index contributed by atoms with van der Waals surface area (Å²) in [6, 6.07) is 6.76. The molecule has 0 unspecified atom stereocenters. The predicted molar refractivity (Wildman–Crippen MR) is 52.4 cm³/mol. The lowest BCUT2D eigenvalue weighted by Gasteiger charge is -2.23. The molecule has 0 aromatic heterocycles. The molecule has 0 saturated heterocycles. The molecule has 12 heavy (non-hydrogen) atoms. The molecule has 0 fully saturated rings. The fourth-order valence-corrected chi connectivity index (χ4v) is 1.96. The first-order chi connectivity index (χ1) is 5.77. The van der Waals surface area contributed by atoms with Crippen LogP contribution in [0.5, 0.6) is 0 Å². The van der Waals surface area contributed by atoms with Gasteiger partial charge < -0.3 is 0 Å². The highest BCUT2D eigenvalue weighted by Crippen LogP contribution is 2.27. The van der Waals surface area contributed by atoms with E-state index in [0.717, 1.165) is 5.92 Å². The molecule has 0 heterocycles. The van der Waals surface area contributed by atoms with Crippen LogP contribution in [0.25, 0.3) is 0 Å². The molecule has 0 spiro atoms. The van der Waals surface area contributed by atoms with E-state index >= 15 is 0 Å². The molecule has 0 heteroatoms. The van der Waals surface area contributed by atoms with E-state index in [0.29, 0.717) is 0 Å². The van der Waals surface area contributed by atoms with Gasteiger partial charge in [-0.1, -0.05) is 32.0 Å². The zero-order chi connectivity index (χ0) is 8.55. The summed E-state index contributed by atoms with van der Waals surface area (Å²) in [5.41, 5.74) is 4.83. The Bertz CT molecular complexity index is 284. The molecule has 0 radical (unpaired) electrons. The Balaban J connectivity index is 2.26. The maximum atomic E-state index is 2.29. The third-order valence-electron chi connectivity index (χ3n) is 2.64. The summed E-state index contributed by atoms with van der Waals surface area (Å²) in [7, 11) is 0. The summed E-state index contributed by atoms with van der Waals surface area (Å²) in [4.78, 5) is 0. The molecule has 0 amide bonds. The Morgan fingerprint density at radius 2 is 2.08 bits per heavy atom. The van der Waals surface area contributed by atoms with Crippen molar-refractivity contribution in [3.8, 4) is 0 Å². The highest BCUT2D eigenvalue weighted by molar-refractivity contribution is 5.42. The minimum atomic E-state index is 0.789. The maximum Gasteiger partial charge on any atom is -0.0233 e. The molecule has 64 valence electrons. The van der Waals surface area contributed by atoms with Crippen molar-refractivity contribution in [1.29, 1.82) is 0 Å². The molecule has 0 aliphatic heterocycles. The van der Waals surface area contributed by atoms with E-state index in [1.54, 1.807) is 16.7 Å². The average Bonchev–Trinajstić information content (AvgIpc) is 1.91. The minimum Gasteiger partial charge on any atom is -0.0625 e. The Kier molecular flexibility index (Phi) is 1.92. The van der Waals surface area contributed by atoms with Gasteiger partial charge in [-0.15, -0.1) is 0 Å². The summed E-state index contributed by atoms with van der Waals surface area (Å²) in [6.45, 7) is 4.58. The van der Waals surface area contributed by atoms with Crippen LogP contribution < -0.4 is 0 Å². The second-order valence-electron chi connectivity index (χ2n) is 4.15. The fraction of sp³-hybridized carbons (Fsp3) is 0.500. The number of hydrogen-bond donors (Lipinski definition) is 0. The first-order valence-corrected chi connectivity index (χ1v) is 4.87. The molecular weight excluding hydrogens is 144 g/mol. The second-order valence-corrected chi connectivity index (χ2v) is 4.15. The Morgan fingerprint density at radius 3 is 2.67 bits per heavy atom. The van der Waals surface area contributed by atoms with Crippen LogP contribution in [0.15, 0.2) is 18.2 Å². The van der Waals surface area contributed by atoms with E-state index < -0.39 is 0 Å². The van der Waals surface area contributed by atoms with E-state index in [4.69, 9.17) is 0 Å². The molecular formula is C12H16. The lowest BCUT2D eigenvalue weighted by molar-refractivity contribution is 0.635. The quantitative estimate of drug-likeness (QED) is 0.624. The highest BCUT2D eigenvalue weighted by atomic mass is 14.2. The summed E-state index contributed by atoms with van der Waals surface area (Å²) in [5.74, 6) is 0.789. The molecule has 0 saturated carbocycles. The zero-order valence-electron chi connectivity index (χ0n) is 7.93. The minimum absolute atomic E-state index is 0.789. The third kappa shape index (κ3) is 1.26. The first-order valence-electron chi connectivity index (χ1n) is 4.87. The molecule has 0 nitrogen and oxygen atoms in total. The van der Waals surface area contributed by atoms with Crippen molar-refractivity contribution in [3.63, 3.8) is 0 Å². The molecule has 1 aliphatic rings. The van der Waals surface area contributed by atoms with Crippen molar-refractivity contribution in [2.45, 2.75) is 33.1 Å². The van der Waals surface area contributed by atoms with Crippen molar-refractivity contribution in [2.75, 3.05) is 0 Å². The molecule has 2 rings (SSSR count). The van der Waals surface area contributed by atoms with E-state index in [1.807, 2.05) is 0 Å². The smallest absolute Gasteiger partial charge is 0.0233 e. The zero-order valence-corrected chi connectivity index (χ0v) is 7.93. The molecule has 0 bridgehead atoms. The van der Waals surface area contributed by atoms with Gasteiger partial charge >= 0.3 is 0 Å². The number of rotatable bonds is 2. The van der Waals surface area contributed by atoms with Crippen molar-refractivity contribution in [1.82, 2.24) is 0 Å². The Morgan fingerprint density at radius 1 is 1.25 bits per heavy atom. The van der Waals surface area contributed by atoms with E-state index in [1.165, 1.54) is 19.3 Å². The normalized spacial score (nSPS) is 14.2. The molecule has 0 N–H and O–H groups in total. The van der Waals surface area contributed by atoms with Gasteiger partial charge in [0, 0.05) is 0 Å². The van der Waals surface area contributed by atoms with Crippen LogP contribution in [-0.2, 0) is 19.3 Å². The topological polar surface area (TPSA) is 0 Å². The first kappa shape index (κ1) is 7.85. The van der Waals surface area contributed by atoms with Gasteiger partial charge in [0.2, 0.25) is 0 Å². The van der Waals surface area contributed by atoms with Crippen LogP contribution in [0.4, 0.5) is 0 Å². The van der Waals surface area contributed by atoms with E-state index in [9.17, 15) is 0 Å². The SMILES string of the molecule is CC(C)Cc1cccc2c1CC2. The van der Waals surface area contributed by atoms with Crippen LogP contribution in [0.1, 0.15) is 30.5 Å². The van der Waals surface area contributed by atoms with Gasteiger partial charge in [0.25, 0.3) is 0 Å². The average molecular weight is 160 g/mol. The lowest BCUT2D eigenvalue weighted by Crippen LogP contribution is -2.12. The van der Waals surface area contributed by atoms with Crippen LogP contribution in [0, 0.1) is 5.92 Å². The highest BCUT2D eigenvalue weighted by Gasteiger charge is 2.16. The maximum absolute atomic E-state index is 2.29. The second kappa shape index (κ2) is 2.93. The molecule has 1 aromatic carbocycles. The van der Waals surface area contributed by atoms with Gasteiger partial charge in [-0.2, -0.15) is 0 Å². The van der Waals surface area contributed by atoms with Gasteiger partial charge in [0.15, 0.2) is 0 Å². The number of fused-ring (bicyclic) bond motifs is 1. The van der Waals surface area contributed by atoms with Crippen molar-refractivity contribution in [3.05, 3.63) is 34.9 Å². The summed E-state index contributed by atoms with van der Waals surface area (Å²) in [6.07, 6.45) is 3.88. The van der Waals surface area contributed by atoms with Gasteiger partial charge in [0.05, 0.1) is 0 Å². The fourth-order valence-electron chi connectivity index (χ4n) is 1.96. The van der Waals surface area contributed by atoms with Crippen molar-refractivity contribution < 1.29 is 0 Å². The van der Waals surface area contributed by atoms with Crippen molar-refractivity contribution in [2.24, 2.45) is 5.92 Å². The van der Waals surface area contributed by atoms with Crippen LogP contribution in [-0.4, -0.2) is 0 Å². The molecule has 0 atom stereocenters. The third-order valence-corrected chi connectivity index (χ3v) is 2.64. The number of hydrogen-bond acceptors (Lipinski definition) is 0. The van der Waals surface area contributed by atoms with Crippen molar-refractivity contribution >= 4 is 0 Å². The van der Waals surface area contributed by atoms with Crippen LogP contribution in [0.2, 0.25) is 0 Å². The number of aryl methyl sites for hydroxylation is 1. The number of benzene rings is 1. The standard InChI is InChI=1S/C12H16/c1-9(2)8-11-5-3-4-10-6-7-12(10)11/h3-5,9H,6-8H2,1-2H3. The molecule has 1 aliphatic carbocycles. The summed E-state index contributed by atoms with van der Waals surface area (Å²) < 4.78 is 0. The van der Waals surface area contributed by atoms with Gasteiger partial charge in [0.1, 0.15) is 0 Å². The summed E-state index contributed by atoms with van der Waals surface area (Å²) in [5, 5.41) is 0.